The highest BCUT2D eigenvalue weighted by molar-refractivity contribution is 6.17. The van der Waals surface area contributed by atoms with Crippen molar-refractivity contribution in [2.24, 2.45) is 0 Å². The van der Waals surface area contributed by atoms with Gasteiger partial charge in [0, 0.05) is 11.9 Å². The molecule has 21 heavy (non-hydrogen) atoms. The first kappa shape index (κ1) is 15.1. The number of ether oxygens (including phenoxy) is 1. The summed E-state index contributed by atoms with van der Waals surface area (Å²) in [5.74, 6) is -4.65. The number of nitro groups is 1. The van der Waals surface area contributed by atoms with Crippen LogP contribution >= 0.6 is 11.6 Å². The second kappa shape index (κ2) is 6.01. The first-order valence-corrected chi connectivity index (χ1v) is 6.11. The maximum atomic E-state index is 13.7. The fraction of sp³-hybridized carbons (Fsp3) is 0.0769. The molecule has 4 nitrogen and oxygen atoms in total. The fourth-order valence-electron chi connectivity index (χ4n) is 1.58. The van der Waals surface area contributed by atoms with Gasteiger partial charge >= 0.3 is 0 Å². The Morgan fingerprint density at radius 1 is 1.10 bits per heavy atom. The minimum Gasteiger partial charge on any atom is -0.448 e. The summed E-state index contributed by atoms with van der Waals surface area (Å²) in [4.78, 5) is 9.66. The van der Waals surface area contributed by atoms with Crippen molar-refractivity contribution in [1.82, 2.24) is 0 Å². The van der Waals surface area contributed by atoms with Crippen molar-refractivity contribution in [2.75, 3.05) is 0 Å². The van der Waals surface area contributed by atoms with Crippen LogP contribution in [0.25, 0.3) is 0 Å². The van der Waals surface area contributed by atoms with Crippen molar-refractivity contribution in [3.05, 3.63) is 63.5 Å². The molecular formula is C13H7ClF3NO3. The van der Waals surface area contributed by atoms with Crippen molar-refractivity contribution in [2.45, 2.75) is 5.88 Å². The summed E-state index contributed by atoms with van der Waals surface area (Å²) in [6.45, 7) is 0. The fourth-order valence-corrected chi connectivity index (χ4v) is 1.74. The van der Waals surface area contributed by atoms with Crippen LogP contribution in [0.5, 0.6) is 11.5 Å². The average molecular weight is 318 g/mol. The van der Waals surface area contributed by atoms with Crippen molar-refractivity contribution < 1.29 is 22.8 Å². The van der Waals surface area contributed by atoms with Crippen LogP contribution in [-0.4, -0.2) is 4.92 Å². The third kappa shape index (κ3) is 3.25. The maximum absolute atomic E-state index is 13.7. The molecule has 0 bridgehead atoms. The van der Waals surface area contributed by atoms with E-state index in [9.17, 15) is 23.3 Å². The standard InChI is InChI=1S/C13H7ClF3NO3/c14-6-7-3-10(16)13(11(17)4-7)21-12-2-1-8(18(19)20)5-9(12)15/h1-5H,6H2. The predicted octanol–water partition coefficient (Wildman–Crippen LogP) is 4.54. The predicted molar refractivity (Wildman–Crippen MR) is 69.0 cm³/mol. The zero-order valence-corrected chi connectivity index (χ0v) is 11.0. The van der Waals surface area contributed by atoms with E-state index in [1.54, 1.807) is 0 Å². The van der Waals surface area contributed by atoms with Crippen LogP contribution in [-0.2, 0) is 5.88 Å². The quantitative estimate of drug-likeness (QED) is 0.472. The molecule has 0 amide bonds. The van der Waals surface area contributed by atoms with Gasteiger partial charge in [-0.1, -0.05) is 0 Å². The van der Waals surface area contributed by atoms with Crippen LogP contribution in [0.3, 0.4) is 0 Å². The third-order valence-corrected chi connectivity index (χ3v) is 2.86. The van der Waals surface area contributed by atoms with E-state index in [1.165, 1.54) is 0 Å². The number of hydrogen-bond donors (Lipinski definition) is 0. The molecule has 0 aliphatic carbocycles. The largest absolute Gasteiger partial charge is 0.448 e. The summed E-state index contributed by atoms with van der Waals surface area (Å²) in [7, 11) is 0. The molecule has 0 fully saturated rings. The van der Waals surface area contributed by atoms with Gasteiger partial charge in [0.25, 0.3) is 5.69 Å². The normalized spacial score (nSPS) is 10.5. The van der Waals surface area contributed by atoms with E-state index in [0.29, 0.717) is 6.07 Å². The molecule has 2 rings (SSSR count). The number of benzene rings is 2. The lowest BCUT2D eigenvalue weighted by atomic mass is 10.2. The van der Waals surface area contributed by atoms with Gasteiger partial charge in [0.1, 0.15) is 0 Å². The summed E-state index contributed by atoms with van der Waals surface area (Å²) in [5.41, 5.74) is -0.304. The highest BCUT2D eigenvalue weighted by atomic mass is 35.5. The maximum Gasteiger partial charge on any atom is 0.272 e. The molecule has 0 saturated heterocycles. The third-order valence-electron chi connectivity index (χ3n) is 2.55. The first-order valence-electron chi connectivity index (χ1n) is 5.58. The van der Waals surface area contributed by atoms with Gasteiger partial charge in [0.15, 0.2) is 29.0 Å². The van der Waals surface area contributed by atoms with Gasteiger partial charge in [0.2, 0.25) is 0 Å². The lowest BCUT2D eigenvalue weighted by Gasteiger charge is -2.09. The molecule has 0 aliphatic heterocycles. The Morgan fingerprint density at radius 2 is 1.71 bits per heavy atom. The Kier molecular flexibility index (Phi) is 4.32. The second-order valence-electron chi connectivity index (χ2n) is 4.00. The molecule has 0 heterocycles. The molecule has 0 N–H and O–H groups in total. The number of non-ortho nitro benzene ring substituents is 1. The van der Waals surface area contributed by atoms with Crippen molar-refractivity contribution >= 4 is 17.3 Å². The van der Waals surface area contributed by atoms with E-state index >= 15 is 0 Å². The van der Waals surface area contributed by atoms with Gasteiger partial charge in [0.05, 0.1) is 11.0 Å². The molecule has 0 unspecified atom stereocenters. The van der Waals surface area contributed by atoms with Crippen LogP contribution in [0.1, 0.15) is 5.56 Å². The summed E-state index contributed by atoms with van der Waals surface area (Å²) in [5, 5.41) is 10.5. The highest BCUT2D eigenvalue weighted by Gasteiger charge is 2.17. The summed E-state index contributed by atoms with van der Waals surface area (Å²) < 4.78 is 45.8. The Morgan fingerprint density at radius 3 is 2.19 bits per heavy atom. The van der Waals surface area contributed by atoms with Crippen molar-refractivity contribution in [1.29, 1.82) is 0 Å². The summed E-state index contributed by atoms with van der Waals surface area (Å²) in [6.07, 6.45) is 0. The van der Waals surface area contributed by atoms with Crippen LogP contribution < -0.4 is 4.74 Å². The van der Waals surface area contributed by atoms with Gasteiger partial charge in [-0.05, 0) is 23.8 Å². The number of nitrogens with zero attached hydrogens (tertiary/aromatic N) is 1. The Balaban J connectivity index is 2.37. The van der Waals surface area contributed by atoms with Crippen LogP contribution in [0, 0.1) is 27.6 Å². The molecule has 8 heteroatoms. The van der Waals surface area contributed by atoms with E-state index in [-0.39, 0.29) is 11.4 Å². The van der Waals surface area contributed by atoms with Crippen LogP contribution in [0.2, 0.25) is 0 Å². The lowest BCUT2D eigenvalue weighted by Crippen LogP contribution is -1.97. The SMILES string of the molecule is O=[N+]([O-])c1ccc(Oc2c(F)cc(CCl)cc2F)c(F)c1. The second-order valence-corrected chi connectivity index (χ2v) is 4.26. The molecule has 0 radical (unpaired) electrons. The highest BCUT2D eigenvalue weighted by Crippen LogP contribution is 2.32. The zero-order chi connectivity index (χ0) is 15.6. The minimum absolute atomic E-state index is 0.0972. The molecule has 0 spiro atoms. The van der Waals surface area contributed by atoms with Gasteiger partial charge in [-0.15, -0.1) is 11.6 Å². The van der Waals surface area contributed by atoms with Gasteiger partial charge in [-0.2, -0.15) is 0 Å². The van der Waals surface area contributed by atoms with E-state index in [0.717, 1.165) is 24.3 Å². The van der Waals surface area contributed by atoms with Crippen molar-refractivity contribution in [3.8, 4) is 11.5 Å². The van der Waals surface area contributed by atoms with E-state index in [2.05, 4.69) is 0 Å². The molecule has 0 saturated carbocycles. The lowest BCUT2D eigenvalue weighted by molar-refractivity contribution is -0.385. The molecule has 0 atom stereocenters. The first-order chi connectivity index (χ1) is 9.92. The minimum atomic E-state index is -1.11. The van der Waals surface area contributed by atoms with Gasteiger partial charge in [-0.3, -0.25) is 10.1 Å². The summed E-state index contributed by atoms with van der Waals surface area (Å²) in [6, 6.07) is 4.38. The van der Waals surface area contributed by atoms with Crippen LogP contribution in [0.4, 0.5) is 18.9 Å². The molecule has 0 aromatic heterocycles. The van der Waals surface area contributed by atoms with Crippen molar-refractivity contribution in [3.63, 3.8) is 0 Å². The number of rotatable bonds is 4. The Bertz CT molecular complexity index is 686. The number of hydrogen-bond acceptors (Lipinski definition) is 3. The zero-order valence-electron chi connectivity index (χ0n) is 10.3. The monoisotopic (exact) mass is 317 g/mol. The average Bonchev–Trinajstić information content (AvgIpc) is 2.43. The van der Waals surface area contributed by atoms with E-state index in [4.69, 9.17) is 16.3 Å². The Hall–Kier alpha value is -2.28. The van der Waals surface area contributed by atoms with Crippen LogP contribution in [0.15, 0.2) is 30.3 Å². The molecule has 110 valence electrons. The summed E-state index contributed by atoms with van der Waals surface area (Å²) >= 11 is 5.46. The number of nitro benzene ring substituents is 1. The number of alkyl halides is 1. The van der Waals surface area contributed by atoms with E-state index in [1.807, 2.05) is 0 Å². The molecule has 0 aliphatic rings. The topological polar surface area (TPSA) is 52.4 Å². The number of halogens is 4. The Labute approximate surface area is 121 Å². The molecule has 2 aromatic carbocycles. The smallest absolute Gasteiger partial charge is 0.272 e. The van der Waals surface area contributed by atoms with E-state index < -0.39 is 39.6 Å². The molecular weight excluding hydrogens is 311 g/mol. The molecule has 2 aromatic rings. The van der Waals surface area contributed by atoms with Gasteiger partial charge < -0.3 is 4.74 Å². The van der Waals surface area contributed by atoms with Gasteiger partial charge in [-0.25, -0.2) is 13.2 Å².